The molecule has 0 amide bonds. The minimum Gasteiger partial charge on any atom is -0.488 e. The van der Waals surface area contributed by atoms with E-state index in [0.717, 1.165) is 6.07 Å². The van der Waals surface area contributed by atoms with Crippen molar-refractivity contribution < 1.29 is 22.6 Å². The molecule has 1 aliphatic rings. The molecule has 1 saturated heterocycles. The topological polar surface area (TPSA) is 54.9 Å². The molecule has 1 heterocycles. The second-order valence-corrected chi connectivity index (χ2v) is 8.11. The highest BCUT2D eigenvalue weighted by molar-refractivity contribution is 5.79. The molecule has 152 valence electrons. The van der Waals surface area contributed by atoms with Gasteiger partial charge in [0.25, 0.3) is 0 Å². The number of benzene rings is 1. The molecule has 1 aromatic rings. The van der Waals surface area contributed by atoms with Crippen molar-refractivity contribution in [3.63, 3.8) is 0 Å². The Morgan fingerprint density at radius 2 is 1.89 bits per heavy atom. The van der Waals surface area contributed by atoms with E-state index in [0.29, 0.717) is 25.7 Å². The SMILES string of the molecule is CN=C(NCc1ccc(OC(C)(C)C)cc1C(F)(F)F)NCC1(C)COC1. The number of halogens is 3. The summed E-state index contributed by atoms with van der Waals surface area (Å²) in [5.41, 5.74) is -1.13. The maximum absolute atomic E-state index is 13.5. The Kier molecular flexibility index (Phi) is 6.29. The molecule has 0 aliphatic carbocycles. The molecule has 8 heteroatoms. The van der Waals surface area contributed by atoms with Gasteiger partial charge in [0.15, 0.2) is 5.96 Å². The van der Waals surface area contributed by atoms with Crippen molar-refractivity contribution in [1.82, 2.24) is 10.6 Å². The van der Waals surface area contributed by atoms with Gasteiger partial charge in [0.05, 0.1) is 18.8 Å². The smallest absolute Gasteiger partial charge is 0.416 e. The Morgan fingerprint density at radius 1 is 1.22 bits per heavy atom. The van der Waals surface area contributed by atoms with Crippen molar-refractivity contribution in [2.24, 2.45) is 10.4 Å². The van der Waals surface area contributed by atoms with Gasteiger partial charge in [-0.3, -0.25) is 4.99 Å². The average Bonchev–Trinajstić information content (AvgIpc) is 2.51. The quantitative estimate of drug-likeness (QED) is 0.599. The summed E-state index contributed by atoms with van der Waals surface area (Å²) in [6.45, 7) is 9.40. The maximum atomic E-state index is 13.5. The molecule has 0 saturated carbocycles. The molecule has 0 bridgehead atoms. The van der Waals surface area contributed by atoms with Crippen LogP contribution in [0.2, 0.25) is 0 Å². The molecule has 2 N–H and O–H groups in total. The van der Waals surface area contributed by atoms with E-state index in [9.17, 15) is 13.2 Å². The lowest BCUT2D eigenvalue weighted by Gasteiger charge is -2.38. The van der Waals surface area contributed by atoms with Crippen LogP contribution in [0.3, 0.4) is 0 Å². The fraction of sp³-hybridized carbons (Fsp3) is 0.632. The Morgan fingerprint density at radius 3 is 2.37 bits per heavy atom. The molecule has 0 spiro atoms. The van der Waals surface area contributed by atoms with Gasteiger partial charge >= 0.3 is 6.18 Å². The molecule has 1 fully saturated rings. The summed E-state index contributed by atoms with van der Waals surface area (Å²) < 4.78 is 51.2. The van der Waals surface area contributed by atoms with E-state index < -0.39 is 17.3 Å². The molecular formula is C19H28F3N3O2. The summed E-state index contributed by atoms with van der Waals surface area (Å²) in [5, 5.41) is 6.08. The van der Waals surface area contributed by atoms with Crippen LogP contribution in [-0.4, -0.2) is 38.4 Å². The van der Waals surface area contributed by atoms with Crippen LogP contribution in [0.1, 0.15) is 38.8 Å². The second-order valence-electron chi connectivity index (χ2n) is 8.11. The van der Waals surface area contributed by atoms with E-state index >= 15 is 0 Å². The third-order valence-electron chi connectivity index (χ3n) is 4.06. The highest BCUT2D eigenvalue weighted by atomic mass is 19.4. The predicted molar refractivity (Wildman–Crippen MR) is 99.0 cm³/mol. The first-order valence-electron chi connectivity index (χ1n) is 8.83. The van der Waals surface area contributed by atoms with E-state index in [1.165, 1.54) is 6.07 Å². The van der Waals surface area contributed by atoms with Crippen LogP contribution in [0, 0.1) is 5.41 Å². The summed E-state index contributed by atoms with van der Waals surface area (Å²) in [5.74, 6) is 0.644. The van der Waals surface area contributed by atoms with Crippen LogP contribution in [0.5, 0.6) is 5.75 Å². The van der Waals surface area contributed by atoms with Gasteiger partial charge in [-0.1, -0.05) is 13.0 Å². The number of ether oxygens (including phenoxy) is 2. The Bertz CT molecular complexity index is 678. The van der Waals surface area contributed by atoms with Crippen LogP contribution in [0.25, 0.3) is 0 Å². The first kappa shape index (κ1) is 21.3. The van der Waals surface area contributed by atoms with E-state index in [4.69, 9.17) is 9.47 Å². The Labute approximate surface area is 158 Å². The fourth-order valence-corrected chi connectivity index (χ4v) is 2.64. The molecule has 2 rings (SSSR count). The van der Waals surface area contributed by atoms with E-state index in [1.807, 2.05) is 0 Å². The zero-order valence-electron chi connectivity index (χ0n) is 16.5. The molecule has 27 heavy (non-hydrogen) atoms. The molecule has 0 unspecified atom stereocenters. The highest BCUT2D eigenvalue weighted by Gasteiger charge is 2.35. The normalized spacial score (nSPS) is 17.3. The van der Waals surface area contributed by atoms with Crippen molar-refractivity contribution in [3.8, 4) is 5.75 Å². The summed E-state index contributed by atoms with van der Waals surface area (Å²) in [7, 11) is 1.58. The lowest BCUT2D eigenvalue weighted by Crippen LogP contribution is -2.50. The van der Waals surface area contributed by atoms with Gasteiger partial charge in [0.2, 0.25) is 0 Å². The Hall–Kier alpha value is -1.96. The van der Waals surface area contributed by atoms with Crippen LogP contribution in [-0.2, 0) is 17.5 Å². The zero-order valence-corrected chi connectivity index (χ0v) is 16.5. The first-order chi connectivity index (χ1) is 12.4. The largest absolute Gasteiger partial charge is 0.488 e. The van der Waals surface area contributed by atoms with Gasteiger partial charge in [0.1, 0.15) is 11.4 Å². The fourth-order valence-electron chi connectivity index (χ4n) is 2.64. The van der Waals surface area contributed by atoms with Gasteiger partial charge in [-0.05, 0) is 38.5 Å². The molecule has 1 aromatic carbocycles. The predicted octanol–water partition coefficient (Wildman–Crippen LogP) is 3.58. The lowest BCUT2D eigenvalue weighted by molar-refractivity contribution is -0.138. The van der Waals surface area contributed by atoms with Gasteiger partial charge in [0, 0.05) is 25.6 Å². The highest BCUT2D eigenvalue weighted by Crippen LogP contribution is 2.35. The van der Waals surface area contributed by atoms with Gasteiger partial charge < -0.3 is 20.1 Å². The second kappa shape index (κ2) is 7.96. The molecule has 5 nitrogen and oxygen atoms in total. The van der Waals surface area contributed by atoms with Crippen molar-refractivity contribution in [2.45, 2.75) is 46.0 Å². The summed E-state index contributed by atoms with van der Waals surface area (Å²) in [6, 6.07) is 4.04. The van der Waals surface area contributed by atoms with Crippen molar-refractivity contribution in [1.29, 1.82) is 0 Å². The Balaban J connectivity index is 2.07. The van der Waals surface area contributed by atoms with E-state index in [-0.39, 0.29) is 23.3 Å². The summed E-state index contributed by atoms with van der Waals surface area (Å²) >= 11 is 0. The van der Waals surface area contributed by atoms with Crippen LogP contribution >= 0.6 is 0 Å². The lowest BCUT2D eigenvalue weighted by atomic mass is 9.89. The molecule has 0 aromatic heterocycles. The van der Waals surface area contributed by atoms with E-state index in [2.05, 4.69) is 22.5 Å². The van der Waals surface area contributed by atoms with Crippen molar-refractivity contribution >= 4 is 5.96 Å². The number of hydrogen-bond donors (Lipinski definition) is 2. The first-order valence-corrected chi connectivity index (χ1v) is 8.83. The van der Waals surface area contributed by atoms with Crippen molar-refractivity contribution in [2.75, 3.05) is 26.8 Å². The summed E-state index contributed by atoms with van der Waals surface area (Å²) in [4.78, 5) is 4.07. The van der Waals surface area contributed by atoms with Gasteiger partial charge in [-0.2, -0.15) is 13.2 Å². The maximum Gasteiger partial charge on any atom is 0.416 e. The minimum atomic E-state index is -4.47. The van der Waals surface area contributed by atoms with Crippen LogP contribution < -0.4 is 15.4 Å². The molecule has 0 radical (unpaired) electrons. The zero-order chi connectivity index (χ0) is 20.3. The third kappa shape index (κ3) is 6.30. The average molecular weight is 387 g/mol. The van der Waals surface area contributed by atoms with Gasteiger partial charge in [-0.25, -0.2) is 0 Å². The van der Waals surface area contributed by atoms with Crippen molar-refractivity contribution in [3.05, 3.63) is 29.3 Å². The summed E-state index contributed by atoms with van der Waals surface area (Å²) in [6.07, 6.45) is -4.47. The number of rotatable bonds is 5. The number of nitrogens with one attached hydrogen (secondary N) is 2. The van der Waals surface area contributed by atoms with Crippen LogP contribution in [0.4, 0.5) is 13.2 Å². The number of alkyl halides is 3. The molecule has 1 aliphatic heterocycles. The molecular weight excluding hydrogens is 359 g/mol. The number of aliphatic imine (C=N–C) groups is 1. The van der Waals surface area contributed by atoms with E-state index in [1.54, 1.807) is 33.9 Å². The third-order valence-corrected chi connectivity index (χ3v) is 4.06. The molecule has 0 atom stereocenters. The van der Waals surface area contributed by atoms with Crippen LogP contribution in [0.15, 0.2) is 23.2 Å². The standard InChI is InChI=1S/C19H28F3N3O2/c1-17(2,3)27-14-7-6-13(15(8-14)19(20,21)22)9-24-16(23-5)25-10-18(4)11-26-12-18/h6-8H,9-12H2,1-5H3,(H2,23,24,25). The number of guanidine groups is 1. The van der Waals surface area contributed by atoms with Gasteiger partial charge in [-0.15, -0.1) is 0 Å². The minimum absolute atomic E-state index is 0.00245. The number of hydrogen-bond acceptors (Lipinski definition) is 3. The monoisotopic (exact) mass is 387 g/mol. The number of nitrogens with zero attached hydrogens (tertiary/aromatic N) is 1.